The molecule has 214 valence electrons. The van der Waals surface area contributed by atoms with Crippen LogP contribution in [0.4, 0.5) is 18.9 Å². The smallest absolute Gasteiger partial charge is 0.254 e. The highest BCUT2D eigenvalue weighted by atomic mass is 31.1. The third-order valence-electron chi connectivity index (χ3n) is 6.68. The van der Waals surface area contributed by atoms with Crippen molar-refractivity contribution in [3.8, 4) is 0 Å². The van der Waals surface area contributed by atoms with Gasteiger partial charge in [0.25, 0.3) is 0 Å². The van der Waals surface area contributed by atoms with Crippen LogP contribution in [-0.2, 0) is 12.3 Å². The van der Waals surface area contributed by atoms with Gasteiger partial charge in [0, 0.05) is 17.2 Å². The Morgan fingerprint density at radius 2 is 1.27 bits per heavy atom. The molecule has 4 aromatic rings. The largest absolute Gasteiger partial charge is 0.416 e. The lowest BCUT2D eigenvalue weighted by Crippen LogP contribution is -2.26. The fourth-order valence-corrected chi connectivity index (χ4v) is 10.9. The van der Waals surface area contributed by atoms with Crippen molar-refractivity contribution >= 4 is 43.7 Å². The molecule has 0 atom stereocenters. The Kier molecular flexibility index (Phi) is 9.52. The van der Waals surface area contributed by atoms with E-state index in [0.29, 0.717) is 16.7 Å². The van der Waals surface area contributed by atoms with Crippen molar-refractivity contribution in [3.63, 3.8) is 0 Å². The summed E-state index contributed by atoms with van der Waals surface area (Å²) in [6, 6.07) is 29.2. The molecule has 7 heteroatoms. The predicted octanol–water partition coefficient (Wildman–Crippen LogP) is 9.19. The summed E-state index contributed by atoms with van der Waals surface area (Å²) in [5.74, 6) is 0. The van der Waals surface area contributed by atoms with Crippen molar-refractivity contribution in [2.24, 2.45) is 4.99 Å². The summed E-state index contributed by atoms with van der Waals surface area (Å²) >= 11 is 0. The van der Waals surface area contributed by atoms with Crippen LogP contribution in [0.2, 0.25) is 0 Å². The number of nitrogens with zero attached hydrogens (tertiary/aromatic N) is 2. The fraction of sp³-hybridized carbons (Fsp3) is 0.294. The lowest BCUT2D eigenvalue weighted by Gasteiger charge is -2.41. The van der Waals surface area contributed by atoms with E-state index in [0.717, 1.165) is 28.5 Å². The Morgan fingerprint density at radius 1 is 0.707 bits per heavy atom. The van der Waals surface area contributed by atoms with Crippen molar-refractivity contribution in [2.75, 3.05) is 0 Å². The number of aliphatic imine (C=N–C) groups is 1. The molecule has 2 nitrogen and oxygen atoms in total. The molecule has 0 fully saturated rings. The molecule has 0 saturated carbocycles. The van der Waals surface area contributed by atoms with Crippen LogP contribution in [0, 0.1) is 0 Å². The molecule has 0 bridgehead atoms. The molecule has 0 radical (unpaired) electrons. The third kappa shape index (κ3) is 8.12. The van der Waals surface area contributed by atoms with E-state index in [1.165, 1.54) is 12.1 Å². The molecule has 1 heterocycles. The van der Waals surface area contributed by atoms with Gasteiger partial charge in [-0.2, -0.15) is 13.2 Å². The summed E-state index contributed by atoms with van der Waals surface area (Å²) in [5.41, 5.74) is 1.53. The highest BCUT2D eigenvalue weighted by Crippen LogP contribution is 2.61. The zero-order chi connectivity index (χ0) is 29.8. The molecule has 4 rings (SSSR count). The van der Waals surface area contributed by atoms with Gasteiger partial charge >= 0.3 is 6.18 Å². The molecule has 0 amide bonds. The van der Waals surface area contributed by atoms with Gasteiger partial charge in [0.2, 0.25) is 0 Å². The maximum absolute atomic E-state index is 13.9. The number of benzene rings is 3. The zero-order valence-electron chi connectivity index (χ0n) is 24.4. The van der Waals surface area contributed by atoms with Gasteiger partial charge in [-0.1, -0.05) is 116 Å². The molecule has 0 saturated heterocycles. The number of rotatable bonds is 7. The SMILES string of the molecule is CC(C)(C)P(Cc1cccc(/C=N/c2ccc(C(F)(F)F)cc2P(c2ccccc2)c2ccccc2)n1)C(C)(C)C. The topological polar surface area (TPSA) is 25.2 Å². The molecular formula is C34H37F3N2P2. The van der Waals surface area contributed by atoms with Gasteiger partial charge in [-0.25, -0.2) is 0 Å². The molecule has 0 spiro atoms. The van der Waals surface area contributed by atoms with Gasteiger partial charge in [-0.3, -0.25) is 9.98 Å². The molecule has 0 aliphatic carbocycles. The molecule has 0 N–H and O–H groups in total. The summed E-state index contributed by atoms with van der Waals surface area (Å²) in [5, 5.41) is 2.81. The van der Waals surface area contributed by atoms with Gasteiger partial charge in [0.05, 0.1) is 23.2 Å². The minimum Gasteiger partial charge on any atom is -0.254 e. The molecule has 3 aromatic carbocycles. The van der Waals surface area contributed by atoms with Crippen molar-refractivity contribution in [1.82, 2.24) is 4.98 Å². The van der Waals surface area contributed by atoms with Crippen LogP contribution in [0.5, 0.6) is 0 Å². The molecular weight excluding hydrogens is 555 g/mol. The van der Waals surface area contributed by atoms with Crippen LogP contribution in [-0.4, -0.2) is 21.5 Å². The second-order valence-electron chi connectivity index (χ2n) is 11.9. The summed E-state index contributed by atoms with van der Waals surface area (Å²) in [6.07, 6.45) is -1.89. The van der Waals surface area contributed by atoms with Crippen molar-refractivity contribution in [3.05, 3.63) is 114 Å². The van der Waals surface area contributed by atoms with E-state index in [-0.39, 0.29) is 18.2 Å². The summed E-state index contributed by atoms with van der Waals surface area (Å²) in [6.45, 7) is 13.7. The zero-order valence-corrected chi connectivity index (χ0v) is 26.2. The van der Waals surface area contributed by atoms with Crippen LogP contribution in [0.25, 0.3) is 0 Å². The van der Waals surface area contributed by atoms with E-state index in [4.69, 9.17) is 9.98 Å². The maximum Gasteiger partial charge on any atom is 0.416 e. The van der Waals surface area contributed by atoms with Crippen LogP contribution in [0.3, 0.4) is 0 Å². The van der Waals surface area contributed by atoms with Crippen LogP contribution >= 0.6 is 15.8 Å². The lowest BCUT2D eigenvalue weighted by molar-refractivity contribution is -0.137. The predicted molar refractivity (Wildman–Crippen MR) is 172 cm³/mol. The average molecular weight is 593 g/mol. The van der Waals surface area contributed by atoms with E-state index in [1.54, 1.807) is 6.21 Å². The van der Waals surface area contributed by atoms with Gasteiger partial charge in [0.15, 0.2) is 0 Å². The number of alkyl halides is 3. The Morgan fingerprint density at radius 3 is 1.78 bits per heavy atom. The van der Waals surface area contributed by atoms with E-state index >= 15 is 0 Å². The van der Waals surface area contributed by atoms with Gasteiger partial charge < -0.3 is 0 Å². The molecule has 0 aliphatic rings. The number of pyridine rings is 1. The highest BCUT2D eigenvalue weighted by Gasteiger charge is 2.35. The number of halogens is 3. The van der Waals surface area contributed by atoms with Crippen molar-refractivity contribution < 1.29 is 13.2 Å². The molecule has 41 heavy (non-hydrogen) atoms. The minimum absolute atomic E-state index is 0.167. The van der Waals surface area contributed by atoms with E-state index in [9.17, 15) is 13.2 Å². The quantitative estimate of drug-likeness (QED) is 0.155. The van der Waals surface area contributed by atoms with Crippen molar-refractivity contribution in [2.45, 2.75) is 64.2 Å². The number of hydrogen-bond acceptors (Lipinski definition) is 2. The normalized spacial score (nSPS) is 13.0. The Hall–Kier alpha value is -2.87. The summed E-state index contributed by atoms with van der Waals surface area (Å²) < 4.78 is 41.7. The Balaban J connectivity index is 1.78. The first-order valence-electron chi connectivity index (χ1n) is 13.6. The summed E-state index contributed by atoms with van der Waals surface area (Å²) in [4.78, 5) is 9.65. The number of aromatic nitrogens is 1. The van der Waals surface area contributed by atoms with Crippen LogP contribution in [0.15, 0.2) is 102 Å². The molecule has 0 aliphatic heterocycles. The molecule has 1 aromatic heterocycles. The fourth-order valence-electron chi connectivity index (χ4n) is 5.01. The minimum atomic E-state index is -4.46. The first-order chi connectivity index (χ1) is 19.2. The second-order valence-corrected chi connectivity index (χ2v) is 18.0. The number of hydrogen-bond donors (Lipinski definition) is 0. The summed E-state index contributed by atoms with van der Waals surface area (Å²) in [7, 11) is -1.66. The van der Waals surface area contributed by atoms with Crippen molar-refractivity contribution in [1.29, 1.82) is 0 Å². The van der Waals surface area contributed by atoms with Gasteiger partial charge in [0.1, 0.15) is 0 Å². The Bertz CT molecular complexity index is 1420. The monoisotopic (exact) mass is 592 g/mol. The average Bonchev–Trinajstić information content (AvgIpc) is 2.91. The highest BCUT2D eigenvalue weighted by molar-refractivity contribution is 7.80. The van der Waals surface area contributed by atoms with E-state index in [1.807, 2.05) is 72.8 Å². The lowest BCUT2D eigenvalue weighted by atomic mass is 10.2. The second kappa shape index (κ2) is 12.6. The van der Waals surface area contributed by atoms with E-state index in [2.05, 4.69) is 47.6 Å². The van der Waals surface area contributed by atoms with Crippen LogP contribution in [0.1, 0.15) is 58.5 Å². The standard InChI is InChI=1S/C34H37F3N2P2/c1-32(2,3)40(33(4,5)6)24-27-15-13-14-26(39-27)23-38-30-21-20-25(34(35,36)37)22-31(30)41(28-16-9-7-10-17-28)29-18-11-8-12-19-29/h7-23H,24H2,1-6H3/b38-23+. The van der Waals surface area contributed by atoms with E-state index < -0.39 is 19.7 Å². The third-order valence-corrected chi connectivity index (χ3v) is 13.0. The van der Waals surface area contributed by atoms with Gasteiger partial charge in [-0.05, 0) is 59.2 Å². The van der Waals surface area contributed by atoms with Crippen LogP contribution < -0.4 is 15.9 Å². The molecule has 0 unspecified atom stereocenters. The first kappa shape index (κ1) is 31.1. The van der Waals surface area contributed by atoms with Gasteiger partial charge in [-0.15, -0.1) is 0 Å². The first-order valence-corrected chi connectivity index (χ1v) is 16.5. The Labute approximate surface area is 244 Å². The maximum atomic E-state index is 13.9.